The summed E-state index contributed by atoms with van der Waals surface area (Å²) in [4.78, 5) is 0. The van der Waals surface area contributed by atoms with Crippen molar-refractivity contribution in [1.29, 1.82) is 0 Å². The lowest BCUT2D eigenvalue weighted by Crippen LogP contribution is -2.23. The molecule has 14 heavy (non-hydrogen) atoms. The highest BCUT2D eigenvalue weighted by Crippen LogP contribution is 2.20. The number of hydrogen-bond acceptors (Lipinski definition) is 1. The summed E-state index contributed by atoms with van der Waals surface area (Å²) >= 11 is 9.33. The van der Waals surface area contributed by atoms with Gasteiger partial charge >= 0.3 is 0 Å². The van der Waals surface area contributed by atoms with E-state index in [2.05, 4.69) is 27.2 Å². The van der Waals surface area contributed by atoms with Crippen LogP contribution in [0.5, 0.6) is 0 Å². The highest BCUT2D eigenvalue weighted by Gasteiger charge is 2.02. The summed E-state index contributed by atoms with van der Waals surface area (Å²) in [5.41, 5.74) is 1.11. The molecule has 0 heterocycles. The predicted molar refractivity (Wildman–Crippen MR) is 64.3 cm³/mol. The van der Waals surface area contributed by atoms with E-state index in [1.165, 1.54) is 0 Å². The van der Waals surface area contributed by atoms with Crippen LogP contribution in [0.15, 0.2) is 22.7 Å². The highest BCUT2D eigenvalue weighted by molar-refractivity contribution is 9.10. The van der Waals surface area contributed by atoms with E-state index in [0.717, 1.165) is 15.1 Å². The Hall–Kier alpha value is -0.490. The zero-order chi connectivity index (χ0) is 10.6. The molecule has 1 unspecified atom stereocenters. The van der Waals surface area contributed by atoms with Gasteiger partial charge in [-0.3, -0.25) is 5.32 Å². The summed E-state index contributed by atoms with van der Waals surface area (Å²) in [6.45, 7) is 2.66. The Morgan fingerprint density at radius 2 is 2.36 bits per heavy atom. The van der Waals surface area contributed by atoms with Crippen molar-refractivity contribution in [1.82, 2.24) is 5.32 Å². The second-order valence-corrected chi connectivity index (χ2v) is 4.30. The molecule has 1 atom stereocenters. The van der Waals surface area contributed by atoms with Crippen LogP contribution in [0.4, 0.5) is 0 Å². The largest absolute Gasteiger partial charge is 0.300 e. The molecule has 1 aromatic carbocycles. The fourth-order valence-electron chi connectivity index (χ4n) is 1.00. The average Bonchev–Trinajstić information content (AvgIpc) is 2.19. The van der Waals surface area contributed by atoms with Gasteiger partial charge in [0.05, 0.1) is 6.04 Å². The molecule has 3 heteroatoms. The van der Waals surface area contributed by atoms with Crippen molar-refractivity contribution in [2.24, 2.45) is 0 Å². The molecule has 1 aromatic rings. The average molecular weight is 273 g/mol. The lowest BCUT2D eigenvalue weighted by molar-refractivity contribution is 0.647. The lowest BCUT2D eigenvalue weighted by Gasteiger charge is -2.09. The minimum Gasteiger partial charge on any atom is -0.300 e. The van der Waals surface area contributed by atoms with Crippen molar-refractivity contribution < 1.29 is 0 Å². The first-order chi connectivity index (χ1) is 6.63. The van der Waals surface area contributed by atoms with Gasteiger partial charge in [0.15, 0.2) is 0 Å². The van der Waals surface area contributed by atoms with Crippen LogP contribution in [-0.4, -0.2) is 6.04 Å². The summed E-state index contributed by atoms with van der Waals surface area (Å²) in [5, 5.41) is 3.93. The van der Waals surface area contributed by atoms with Crippen LogP contribution in [0, 0.1) is 12.3 Å². The minimum atomic E-state index is 0.0703. The molecule has 74 valence electrons. The highest BCUT2D eigenvalue weighted by atomic mass is 79.9. The molecule has 1 rings (SSSR count). The number of rotatable bonds is 3. The summed E-state index contributed by atoms with van der Waals surface area (Å²) < 4.78 is 1.04. The quantitative estimate of drug-likeness (QED) is 0.833. The number of halogens is 2. The first-order valence-electron chi connectivity index (χ1n) is 4.27. The maximum Gasteiger partial charge on any atom is 0.0660 e. The molecule has 0 aromatic heterocycles. The molecule has 0 saturated heterocycles. The van der Waals surface area contributed by atoms with E-state index in [4.69, 9.17) is 18.0 Å². The van der Waals surface area contributed by atoms with Crippen molar-refractivity contribution in [3.8, 4) is 12.3 Å². The summed E-state index contributed by atoms with van der Waals surface area (Å²) in [7, 11) is 0. The molecule has 0 saturated carbocycles. The molecule has 1 N–H and O–H groups in total. The van der Waals surface area contributed by atoms with Crippen molar-refractivity contribution >= 4 is 27.5 Å². The van der Waals surface area contributed by atoms with Crippen LogP contribution < -0.4 is 5.32 Å². The molecular weight excluding hydrogens is 261 g/mol. The fraction of sp³-hybridized carbons (Fsp3) is 0.273. The lowest BCUT2D eigenvalue weighted by atomic mass is 10.2. The molecule has 0 bridgehead atoms. The van der Waals surface area contributed by atoms with Crippen LogP contribution in [0.1, 0.15) is 12.5 Å². The molecule has 1 nitrogen and oxygen atoms in total. The minimum absolute atomic E-state index is 0.0703. The van der Waals surface area contributed by atoms with Gasteiger partial charge in [0.2, 0.25) is 0 Å². The van der Waals surface area contributed by atoms with Gasteiger partial charge in [-0.25, -0.2) is 0 Å². The van der Waals surface area contributed by atoms with Gasteiger partial charge in [0.25, 0.3) is 0 Å². The van der Waals surface area contributed by atoms with Crippen LogP contribution >= 0.6 is 27.5 Å². The van der Waals surface area contributed by atoms with Crippen LogP contribution in [-0.2, 0) is 6.54 Å². The number of terminal acetylenes is 1. The molecule has 0 amide bonds. The second-order valence-electron chi connectivity index (χ2n) is 3.00. The monoisotopic (exact) mass is 271 g/mol. The Bertz CT molecular complexity index is 357. The summed E-state index contributed by atoms with van der Waals surface area (Å²) in [6, 6.07) is 5.77. The van der Waals surface area contributed by atoms with E-state index in [9.17, 15) is 0 Å². The van der Waals surface area contributed by atoms with Crippen molar-refractivity contribution in [3.05, 3.63) is 33.3 Å². The van der Waals surface area contributed by atoms with E-state index >= 15 is 0 Å². The van der Waals surface area contributed by atoms with Gasteiger partial charge in [-0.1, -0.05) is 33.5 Å². The molecular formula is C11H11BrClN. The van der Waals surface area contributed by atoms with Gasteiger partial charge in [-0.2, -0.15) is 0 Å². The Morgan fingerprint density at radius 1 is 1.64 bits per heavy atom. The van der Waals surface area contributed by atoms with E-state index in [1.54, 1.807) is 0 Å². The SMILES string of the molecule is C#CC(C)NCc1cc(Cl)ccc1Br. The fourth-order valence-corrected chi connectivity index (χ4v) is 1.58. The number of benzene rings is 1. The molecule has 0 radical (unpaired) electrons. The topological polar surface area (TPSA) is 12.0 Å². The third-order valence-electron chi connectivity index (χ3n) is 1.86. The summed E-state index contributed by atoms with van der Waals surface area (Å²) in [5.74, 6) is 2.61. The van der Waals surface area contributed by atoms with Gasteiger partial charge in [0.1, 0.15) is 0 Å². The third-order valence-corrected chi connectivity index (χ3v) is 2.87. The first-order valence-corrected chi connectivity index (χ1v) is 5.44. The van der Waals surface area contributed by atoms with E-state index in [1.807, 2.05) is 25.1 Å². The smallest absolute Gasteiger partial charge is 0.0660 e. The number of hydrogen-bond donors (Lipinski definition) is 1. The van der Waals surface area contributed by atoms with Crippen molar-refractivity contribution in [3.63, 3.8) is 0 Å². The normalized spacial score (nSPS) is 12.1. The van der Waals surface area contributed by atoms with Crippen molar-refractivity contribution in [2.75, 3.05) is 0 Å². The standard InChI is InChI=1S/C11H11BrClN/c1-3-8(2)14-7-9-6-10(13)4-5-11(9)12/h1,4-6,8,14H,7H2,2H3. The van der Waals surface area contributed by atoms with E-state index in [-0.39, 0.29) is 6.04 Å². The molecule has 0 aliphatic rings. The summed E-state index contributed by atoms with van der Waals surface area (Å²) in [6.07, 6.45) is 5.25. The number of nitrogens with one attached hydrogen (secondary N) is 1. The van der Waals surface area contributed by atoms with Crippen LogP contribution in [0.2, 0.25) is 5.02 Å². The Morgan fingerprint density at radius 3 is 3.00 bits per heavy atom. The zero-order valence-electron chi connectivity index (χ0n) is 7.85. The Kier molecular flexibility index (Phi) is 4.47. The molecule has 0 aliphatic heterocycles. The van der Waals surface area contributed by atoms with Crippen LogP contribution in [0.25, 0.3) is 0 Å². The maximum atomic E-state index is 5.88. The second kappa shape index (κ2) is 5.41. The van der Waals surface area contributed by atoms with Gasteiger partial charge in [-0.05, 0) is 30.7 Å². The predicted octanol–water partition coefficient (Wildman–Crippen LogP) is 3.21. The van der Waals surface area contributed by atoms with Gasteiger partial charge in [-0.15, -0.1) is 6.42 Å². The van der Waals surface area contributed by atoms with Gasteiger partial charge < -0.3 is 0 Å². The molecule has 0 spiro atoms. The molecule has 0 fully saturated rings. The Balaban J connectivity index is 2.67. The molecule has 0 aliphatic carbocycles. The van der Waals surface area contributed by atoms with Crippen molar-refractivity contribution in [2.45, 2.75) is 19.5 Å². The third kappa shape index (κ3) is 3.34. The Labute approximate surface area is 98.0 Å². The van der Waals surface area contributed by atoms with E-state index in [0.29, 0.717) is 6.54 Å². The maximum absolute atomic E-state index is 5.88. The van der Waals surface area contributed by atoms with Crippen LogP contribution in [0.3, 0.4) is 0 Å². The zero-order valence-corrected chi connectivity index (χ0v) is 10.2. The van der Waals surface area contributed by atoms with E-state index < -0.39 is 0 Å². The van der Waals surface area contributed by atoms with Gasteiger partial charge in [0, 0.05) is 16.0 Å². The first kappa shape index (κ1) is 11.6.